The first-order chi connectivity index (χ1) is 20.8. The van der Waals surface area contributed by atoms with Crippen molar-refractivity contribution >= 4 is 49.8 Å². The average molecular weight is 564 g/mol. The fourth-order valence-corrected chi connectivity index (χ4v) is 5.78. The number of nitriles is 1. The number of imidazole rings is 2. The predicted octanol–water partition coefficient (Wildman–Crippen LogP) is 8.39. The number of furan rings is 1. The number of hydrogen-bond acceptors (Lipinski definition) is 6. The fraction of sp³-hybridized carbons (Fsp3) is 0.114. The lowest BCUT2D eigenvalue weighted by atomic mass is 9.87. The molecule has 0 aliphatic carbocycles. The number of nitrogens with zero attached hydrogens (tertiary/aromatic N) is 5. The van der Waals surface area contributed by atoms with Crippen LogP contribution in [0.2, 0.25) is 0 Å². The van der Waals surface area contributed by atoms with E-state index in [1.165, 1.54) is 6.07 Å². The number of aromatic hydroxyl groups is 1. The summed E-state index contributed by atoms with van der Waals surface area (Å²) in [5, 5.41) is 21.3. The molecule has 8 aromatic rings. The number of para-hydroxylation sites is 4. The van der Waals surface area contributed by atoms with Crippen molar-refractivity contribution in [2.24, 2.45) is 0 Å². The summed E-state index contributed by atoms with van der Waals surface area (Å²) in [7, 11) is 0. The van der Waals surface area contributed by atoms with Crippen molar-refractivity contribution in [2.45, 2.75) is 26.2 Å². The Kier molecular flexibility index (Phi) is 5.13. The average Bonchev–Trinajstić information content (AvgIpc) is 3.66. The smallest absolute Gasteiger partial charge is 0.221 e. The Morgan fingerprint density at radius 2 is 1.63 bits per heavy atom. The first-order valence-electron chi connectivity index (χ1n) is 14.0. The van der Waals surface area contributed by atoms with Gasteiger partial charge in [-0.1, -0.05) is 45.0 Å². The largest absolute Gasteiger partial charge is 0.507 e. The van der Waals surface area contributed by atoms with Gasteiger partial charge in [-0.15, -0.1) is 0 Å². The van der Waals surface area contributed by atoms with E-state index >= 15 is 0 Å². The Morgan fingerprint density at radius 1 is 0.860 bits per heavy atom. The van der Waals surface area contributed by atoms with Crippen molar-refractivity contribution in [1.82, 2.24) is 18.9 Å². The lowest BCUT2D eigenvalue weighted by Gasteiger charge is -2.21. The molecule has 4 heterocycles. The maximum Gasteiger partial charge on any atom is 0.221 e. The Bertz CT molecular complexity index is 2450. The maximum absolute atomic E-state index is 10.6. The van der Waals surface area contributed by atoms with Crippen LogP contribution in [0.4, 0.5) is 0 Å². The summed E-state index contributed by atoms with van der Waals surface area (Å²) in [6, 6.07) is 30.9. The van der Waals surface area contributed by atoms with E-state index in [0.717, 1.165) is 33.4 Å². The van der Waals surface area contributed by atoms with Gasteiger partial charge in [0.1, 0.15) is 29.0 Å². The van der Waals surface area contributed by atoms with Gasteiger partial charge in [0.2, 0.25) is 11.7 Å². The Hall–Kier alpha value is -5.81. The number of phenols is 1. The van der Waals surface area contributed by atoms with E-state index in [1.807, 2.05) is 36.4 Å². The molecule has 0 saturated carbocycles. The van der Waals surface area contributed by atoms with Crippen molar-refractivity contribution in [3.05, 3.63) is 102 Å². The number of benzene rings is 4. The number of hydrogen-bond donors (Lipinski definition) is 1. The fourth-order valence-electron chi connectivity index (χ4n) is 5.78. The third-order valence-corrected chi connectivity index (χ3v) is 7.90. The molecule has 8 nitrogen and oxygen atoms in total. The number of pyridine rings is 1. The zero-order chi connectivity index (χ0) is 29.5. The van der Waals surface area contributed by atoms with Crippen LogP contribution in [0.25, 0.3) is 55.6 Å². The summed E-state index contributed by atoms with van der Waals surface area (Å²) in [5.74, 6) is 2.44. The molecule has 8 rings (SSSR count). The van der Waals surface area contributed by atoms with E-state index < -0.39 is 0 Å². The summed E-state index contributed by atoms with van der Waals surface area (Å²) in [6.45, 7) is 6.47. The number of aromatic nitrogens is 4. The minimum absolute atomic E-state index is 0.0376. The molecule has 208 valence electrons. The highest BCUT2D eigenvalue weighted by Crippen LogP contribution is 2.39. The number of rotatable bonds is 3. The van der Waals surface area contributed by atoms with Crippen molar-refractivity contribution < 1.29 is 14.3 Å². The number of phenolic OH excluding ortho intramolecular Hbond substituents is 1. The highest BCUT2D eigenvalue weighted by molar-refractivity contribution is 6.10. The summed E-state index contributed by atoms with van der Waals surface area (Å²) in [6.07, 6.45) is 0. The third-order valence-electron chi connectivity index (χ3n) is 7.90. The summed E-state index contributed by atoms with van der Waals surface area (Å²) in [5.41, 5.74) is 6.05. The van der Waals surface area contributed by atoms with Crippen LogP contribution < -0.4 is 4.74 Å². The molecule has 0 amide bonds. The van der Waals surface area contributed by atoms with E-state index in [2.05, 4.69) is 60.1 Å². The van der Waals surface area contributed by atoms with Gasteiger partial charge in [-0.05, 0) is 71.6 Å². The van der Waals surface area contributed by atoms with Crippen LogP contribution >= 0.6 is 0 Å². The first kappa shape index (κ1) is 24.9. The van der Waals surface area contributed by atoms with Gasteiger partial charge in [0, 0.05) is 11.5 Å². The van der Waals surface area contributed by atoms with Crippen LogP contribution in [0.3, 0.4) is 0 Å². The van der Waals surface area contributed by atoms with E-state index in [4.69, 9.17) is 19.1 Å². The quantitative estimate of drug-likeness (QED) is 0.232. The number of fused-ring (bicyclic) bond motifs is 8. The molecular weight excluding hydrogens is 538 g/mol. The van der Waals surface area contributed by atoms with E-state index in [-0.39, 0.29) is 11.2 Å². The third kappa shape index (κ3) is 3.75. The molecule has 0 unspecified atom stereocenters. The second-order valence-electron chi connectivity index (χ2n) is 11.7. The lowest BCUT2D eigenvalue weighted by Crippen LogP contribution is -2.13. The second kappa shape index (κ2) is 8.84. The zero-order valence-electron chi connectivity index (χ0n) is 23.7. The van der Waals surface area contributed by atoms with Gasteiger partial charge in [-0.25, -0.2) is 4.98 Å². The SMILES string of the molecule is CC(C)(C)c1cc(Oc2ccc3oc4c(C#N)ccc(O)c4c3c2)nc(-n2c3ccccc3n3c4ccccc4nc23)c1. The van der Waals surface area contributed by atoms with Crippen LogP contribution in [0, 0.1) is 11.3 Å². The molecule has 0 aliphatic rings. The molecule has 0 radical (unpaired) electrons. The minimum atomic E-state index is -0.195. The molecule has 0 atom stereocenters. The summed E-state index contributed by atoms with van der Waals surface area (Å²) in [4.78, 5) is 10.0. The van der Waals surface area contributed by atoms with Crippen LogP contribution in [-0.2, 0) is 5.41 Å². The summed E-state index contributed by atoms with van der Waals surface area (Å²) < 4.78 is 16.6. The van der Waals surface area contributed by atoms with Crippen LogP contribution in [-0.4, -0.2) is 24.0 Å². The molecule has 0 bridgehead atoms. The Balaban J connectivity index is 1.33. The van der Waals surface area contributed by atoms with E-state index in [1.54, 1.807) is 24.3 Å². The van der Waals surface area contributed by atoms with Gasteiger partial charge in [0.15, 0.2) is 5.58 Å². The zero-order valence-corrected chi connectivity index (χ0v) is 23.7. The number of ether oxygens (including phenoxy) is 1. The van der Waals surface area contributed by atoms with Crippen LogP contribution in [0.1, 0.15) is 31.9 Å². The van der Waals surface area contributed by atoms with Gasteiger partial charge in [-0.2, -0.15) is 10.2 Å². The minimum Gasteiger partial charge on any atom is -0.507 e. The van der Waals surface area contributed by atoms with Gasteiger partial charge in [0.25, 0.3) is 0 Å². The lowest BCUT2D eigenvalue weighted by molar-refractivity contribution is 0.458. The summed E-state index contributed by atoms with van der Waals surface area (Å²) >= 11 is 0. The highest BCUT2D eigenvalue weighted by Gasteiger charge is 2.22. The molecule has 43 heavy (non-hydrogen) atoms. The molecule has 1 N–H and O–H groups in total. The maximum atomic E-state index is 10.6. The molecule has 0 aliphatic heterocycles. The van der Waals surface area contributed by atoms with Gasteiger partial charge in [0.05, 0.1) is 33.0 Å². The van der Waals surface area contributed by atoms with E-state index in [0.29, 0.717) is 44.9 Å². The molecule has 0 fully saturated rings. The molecule has 0 spiro atoms. The highest BCUT2D eigenvalue weighted by atomic mass is 16.5. The second-order valence-corrected chi connectivity index (χ2v) is 11.7. The van der Waals surface area contributed by atoms with Gasteiger partial charge < -0.3 is 14.3 Å². The first-order valence-corrected chi connectivity index (χ1v) is 14.0. The van der Waals surface area contributed by atoms with Crippen molar-refractivity contribution in [2.75, 3.05) is 0 Å². The van der Waals surface area contributed by atoms with Crippen molar-refractivity contribution in [3.8, 4) is 29.3 Å². The molecular formula is C35H25N5O3. The Morgan fingerprint density at radius 3 is 2.42 bits per heavy atom. The van der Waals surface area contributed by atoms with Crippen LogP contribution in [0.15, 0.2) is 95.4 Å². The van der Waals surface area contributed by atoms with Crippen LogP contribution in [0.5, 0.6) is 17.4 Å². The molecule has 4 aromatic carbocycles. The van der Waals surface area contributed by atoms with Crippen molar-refractivity contribution in [3.63, 3.8) is 0 Å². The monoisotopic (exact) mass is 563 g/mol. The van der Waals surface area contributed by atoms with Gasteiger partial charge in [-0.3, -0.25) is 8.97 Å². The van der Waals surface area contributed by atoms with Crippen molar-refractivity contribution in [1.29, 1.82) is 5.26 Å². The predicted molar refractivity (Wildman–Crippen MR) is 166 cm³/mol. The van der Waals surface area contributed by atoms with E-state index in [9.17, 15) is 10.4 Å². The molecule has 8 heteroatoms. The Labute approximate surface area is 245 Å². The standard InChI is InChI=1S/C35H25N5O3/c1-35(2,3)21-16-30(40-27-11-7-6-10-26(27)39-25-9-5-4-8-24(25)37-34(39)40)38-31(17-21)42-22-13-15-29-23(18-22)32-28(41)14-12-20(19-36)33(32)43-29/h4-18,41H,1-3H3. The molecule has 0 saturated heterocycles. The topological polar surface area (TPSA) is 102 Å². The molecule has 4 aromatic heterocycles. The normalized spacial score (nSPS) is 12.1. The van der Waals surface area contributed by atoms with Gasteiger partial charge >= 0.3 is 0 Å².